The van der Waals surface area contributed by atoms with Gasteiger partial charge in [0.2, 0.25) is 0 Å². The first-order valence-electron chi connectivity index (χ1n) is 6.61. The van der Waals surface area contributed by atoms with Crippen LogP contribution in [-0.4, -0.2) is 11.6 Å². The van der Waals surface area contributed by atoms with E-state index in [0.717, 1.165) is 32.1 Å². The molecule has 0 aromatic carbocycles. The second-order valence-corrected chi connectivity index (χ2v) is 5.21. The molecule has 96 valence electrons. The summed E-state index contributed by atoms with van der Waals surface area (Å²) in [5.74, 6) is -0.0321. The summed E-state index contributed by atoms with van der Waals surface area (Å²) < 4.78 is 5.74. The lowest BCUT2D eigenvalue weighted by Crippen LogP contribution is -2.38. The summed E-state index contributed by atoms with van der Waals surface area (Å²) in [4.78, 5) is 12.2. The molecule has 0 fully saturated rings. The molecule has 0 saturated heterocycles. The van der Waals surface area contributed by atoms with Crippen molar-refractivity contribution in [1.29, 1.82) is 0 Å². The molecule has 0 bridgehead atoms. The molecule has 0 aromatic rings. The Morgan fingerprint density at radius 1 is 1.00 bits per heavy atom. The summed E-state index contributed by atoms with van der Waals surface area (Å²) in [6.45, 7) is 12.3. The average molecular weight is 228 g/mol. The Morgan fingerprint density at radius 3 is 1.81 bits per heavy atom. The highest BCUT2D eigenvalue weighted by Gasteiger charge is 2.36. The molecule has 2 heteroatoms. The maximum Gasteiger partial charge on any atom is 0.312 e. The Hall–Kier alpha value is -0.530. The minimum atomic E-state index is -0.315. The van der Waals surface area contributed by atoms with Gasteiger partial charge in [0.15, 0.2) is 0 Å². The number of rotatable bonds is 7. The zero-order valence-electron chi connectivity index (χ0n) is 11.9. The third-order valence-corrected chi connectivity index (χ3v) is 3.92. The molecule has 0 radical (unpaired) electrons. The summed E-state index contributed by atoms with van der Waals surface area (Å²) in [5, 5.41) is 0. The van der Waals surface area contributed by atoms with Gasteiger partial charge < -0.3 is 4.74 Å². The van der Waals surface area contributed by atoms with Crippen LogP contribution in [0.4, 0.5) is 0 Å². The Labute approximate surface area is 101 Å². The monoisotopic (exact) mass is 228 g/mol. The average Bonchev–Trinajstić information content (AvgIpc) is 2.28. The van der Waals surface area contributed by atoms with Crippen LogP contribution in [0.1, 0.15) is 73.6 Å². The van der Waals surface area contributed by atoms with Gasteiger partial charge in [0.25, 0.3) is 0 Å². The summed E-state index contributed by atoms with van der Waals surface area (Å²) in [5.41, 5.74) is -0.596. The minimum Gasteiger partial charge on any atom is -0.459 e. The van der Waals surface area contributed by atoms with Crippen LogP contribution in [0.5, 0.6) is 0 Å². The predicted octanol–water partition coefficient (Wildman–Crippen LogP) is 4.32. The number of ether oxygens (including phenoxy) is 1. The maximum absolute atomic E-state index is 12.2. The Morgan fingerprint density at radius 2 is 1.50 bits per heavy atom. The lowest BCUT2D eigenvalue weighted by atomic mass is 9.84. The topological polar surface area (TPSA) is 26.3 Å². The molecule has 16 heavy (non-hydrogen) atoms. The van der Waals surface area contributed by atoms with Crippen LogP contribution < -0.4 is 0 Å². The smallest absolute Gasteiger partial charge is 0.312 e. The zero-order valence-corrected chi connectivity index (χ0v) is 11.9. The number of esters is 1. The van der Waals surface area contributed by atoms with Crippen LogP contribution in [0.2, 0.25) is 0 Å². The van der Waals surface area contributed by atoms with Crippen LogP contribution >= 0.6 is 0 Å². The van der Waals surface area contributed by atoms with Gasteiger partial charge in [0.05, 0.1) is 5.41 Å². The molecule has 2 nitrogen and oxygen atoms in total. The van der Waals surface area contributed by atoms with Gasteiger partial charge in [0.1, 0.15) is 5.60 Å². The van der Waals surface area contributed by atoms with Crippen LogP contribution in [0, 0.1) is 5.41 Å². The van der Waals surface area contributed by atoms with Crippen molar-refractivity contribution in [2.24, 2.45) is 5.41 Å². The molecule has 1 atom stereocenters. The zero-order chi connectivity index (χ0) is 12.8. The quantitative estimate of drug-likeness (QED) is 0.606. The van der Waals surface area contributed by atoms with Gasteiger partial charge in [-0.25, -0.2) is 0 Å². The molecule has 0 aliphatic carbocycles. The molecule has 0 aliphatic heterocycles. The standard InChI is InChI=1S/C14H28O2/c1-7-11-14(6,10-4)16-12(15)13(5,8-2)9-3/h7-11H2,1-6H3. The number of carbonyl (C=O) groups is 1. The molecule has 0 amide bonds. The van der Waals surface area contributed by atoms with Crippen molar-refractivity contribution in [2.75, 3.05) is 0 Å². The van der Waals surface area contributed by atoms with Crippen molar-refractivity contribution < 1.29 is 9.53 Å². The van der Waals surface area contributed by atoms with Crippen LogP contribution in [-0.2, 0) is 9.53 Å². The first kappa shape index (κ1) is 15.5. The molecule has 0 aromatic heterocycles. The first-order chi connectivity index (χ1) is 7.37. The molecule has 0 N–H and O–H groups in total. The van der Waals surface area contributed by atoms with Gasteiger partial charge in [-0.05, 0) is 39.5 Å². The van der Waals surface area contributed by atoms with E-state index in [2.05, 4.69) is 13.8 Å². The fourth-order valence-corrected chi connectivity index (χ4v) is 1.71. The van der Waals surface area contributed by atoms with E-state index in [1.807, 2.05) is 27.7 Å². The van der Waals surface area contributed by atoms with Gasteiger partial charge in [0, 0.05) is 0 Å². The van der Waals surface area contributed by atoms with Gasteiger partial charge >= 0.3 is 5.97 Å². The molecule has 0 rings (SSSR count). The third-order valence-electron chi connectivity index (χ3n) is 3.92. The largest absolute Gasteiger partial charge is 0.459 e. The van der Waals surface area contributed by atoms with E-state index in [9.17, 15) is 4.79 Å². The Bertz CT molecular complexity index is 219. The number of hydrogen-bond acceptors (Lipinski definition) is 2. The second-order valence-electron chi connectivity index (χ2n) is 5.21. The Balaban J connectivity index is 4.63. The van der Waals surface area contributed by atoms with Gasteiger partial charge in [-0.3, -0.25) is 4.79 Å². The van der Waals surface area contributed by atoms with E-state index in [1.165, 1.54) is 0 Å². The fraction of sp³-hybridized carbons (Fsp3) is 0.929. The van der Waals surface area contributed by atoms with Gasteiger partial charge in [-0.2, -0.15) is 0 Å². The molecule has 0 spiro atoms. The third kappa shape index (κ3) is 3.80. The lowest BCUT2D eigenvalue weighted by molar-refractivity contribution is -0.171. The lowest BCUT2D eigenvalue weighted by Gasteiger charge is -2.33. The van der Waals surface area contributed by atoms with E-state index in [-0.39, 0.29) is 17.0 Å². The molecular formula is C14H28O2. The fourth-order valence-electron chi connectivity index (χ4n) is 1.71. The number of carbonyl (C=O) groups excluding carboxylic acids is 1. The highest BCUT2D eigenvalue weighted by atomic mass is 16.6. The molecule has 0 heterocycles. The first-order valence-corrected chi connectivity index (χ1v) is 6.61. The molecule has 0 aliphatic rings. The minimum absolute atomic E-state index is 0.0321. The van der Waals surface area contributed by atoms with E-state index in [4.69, 9.17) is 4.74 Å². The van der Waals surface area contributed by atoms with Crippen molar-refractivity contribution in [3.05, 3.63) is 0 Å². The van der Waals surface area contributed by atoms with Crippen molar-refractivity contribution in [3.63, 3.8) is 0 Å². The highest BCUT2D eigenvalue weighted by molar-refractivity contribution is 5.76. The second kappa shape index (κ2) is 6.27. The van der Waals surface area contributed by atoms with E-state index >= 15 is 0 Å². The highest BCUT2D eigenvalue weighted by Crippen LogP contribution is 2.31. The van der Waals surface area contributed by atoms with E-state index in [1.54, 1.807) is 0 Å². The van der Waals surface area contributed by atoms with Crippen LogP contribution in [0.15, 0.2) is 0 Å². The van der Waals surface area contributed by atoms with Gasteiger partial charge in [-0.1, -0.05) is 34.1 Å². The normalized spacial score (nSPS) is 15.6. The van der Waals surface area contributed by atoms with Crippen LogP contribution in [0.25, 0.3) is 0 Å². The van der Waals surface area contributed by atoms with Crippen LogP contribution in [0.3, 0.4) is 0 Å². The summed E-state index contributed by atoms with van der Waals surface area (Å²) in [6, 6.07) is 0. The SMILES string of the molecule is CCCC(C)(CC)OC(=O)C(C)(CC)CC. The molecular weight excluding hydrogens is 200 g/mol. The molecule has 0 saturated carbocycles. The van der Waals surface area contributed by atoms with Crippen molar-refractivity contribution in [1.82, 2.24) is 0 Å². The summed E-state index contributed by atoms with van der Waals surface area (Å²) >= 11 is 0. The maximum atomic E-state index is 12.2. The molecule has 1 unspecified atom stereocenters. The van der Waals surface area contributed by atoms with E-state index in [0.29, 0.717) is 0 Å². The van der Waals surface area contributed by atoms with E-state index < -0.39 is 0 Å². The summed E-state index contributed by atoms with van der Waals surface area (Å²) in [7, 11) is 0. The number of hydrogen-bond donors (Lipinski definition) is 0. The van der Waals surface area contributed by atoms with Gasteiger partial charge in [-0.15, -0.1) is 0 Å². The van der Waals surface area contributed by atoms with Crippen molar-refractivity contribution in [2.45, 2.75) is 79.2 Å². The summed E-state index contributed by atoms with van der Waals surface area (Å²) in [6.07, 6.45) is 4.56. The predicted molar refractivity (Wildman–Crippen MR) is 68.4 cm³/mol. The van der Waals surface area contributed by atoms with Crippen molar-refractivity contribution >= 4 is 5.97 Å². The Kier molecular flexibility index (Phi) is 6.06. The van der Waals surface area contributed by atoms with Crippen molar-refractivity contribution in [3.8, 4) is 0 Å².